The Morgan fingerprint density at radius 2 is 0.861 bits per heavy atom. The van der Waals surface area contributed by atoms with Crippen molar-refractivity contribution in [2.45, 2.75) is 181 Å². The average Bonchev–Trinajstić information content (AvgIpc) is 2.89. The molecule has 36 heavy (non-hydrogen) atoms. The Kier molecular flexibility index (Phi) is 32.3. The Bertz CT molecular complexity index is 388. The van der Waals surface area contributed by atoms with Crippen molar-refractivity contribution in [1.82, 2.24) is 0 Å². The minimum absolute atomic E-state index is 0.00997. The van der Waals surface area contributed by atoms with Crippen molar-refractivity contribution in [3.8, 4) is 0 Å². The van der Waals surface area contributed by atoms with Gasteiger partial charge in [-0.1, -0.05) is 142 Å². The molecule has 0 saturated heterocycles. The molecule has 0 spiro atoms. The molecule has 0 saturated carbocycles. The lowest BCUT2D eigenvalue weighted by Gasteiger charge is -2.19. The van der Waals surface area contributed by atoms with Gasteiger partial charge in [-0.05, 0) is 44.9 Å². The number of hydrogen-bond acceptors (Lipinski definition) is 3. The zero-order valence-electron chi connectivity index (χ0n) is 24.8. The van der Waals surface area contributed by atoms with E-state index in [9.17, 15) is 0 Å². The van der Waals surface area contributed by atoms with Crippen LogP contribution < -0.4 is 0 Å². The van der Waals surface area contributed by atoms with Gasteiger partial charge < -0.3 is 14.6 Å². The van der Waals surface area contributed by atoms with Crippen LogP contribution in [-0.4, -0.2) is 31.2 Å². The monoisotopic (exact) mass is 511 g/mol. The van der Waals surface area contributed by atoms with Gasteiger partial charge in [-0.3, -0.25) is 0 Å². The molecule has 0 bridgehead atoms. The third kappa shape index (κ3) is 29.8. The van der Waals surface area contributed by atoms with Gasteiger partial charge in [0.2, 0.25) is 0 Å². The van der Waals surface area contributed by atoms with Gasteiger partial charge in [-0.25, -0.2) is 0 Å². The summed E-state index contributed by atoms with van der Waals surface area (Å²) in [4.78, 5) is 0. The molecule has 1 N–H and O–H groups in total. The molecule has 3 heteroatoms. The van der Waals surface area contributed by atoms with Gasteiger partial charge in [0.15, 0.2) is 6.29 Å². The number of rotatable bonds is 31. The number of allylic oxidation sites excluding steroid dienone is 1. The Morgan fingerprint density at radius 3 is 1.33 bits per heavy atom. The van der Waals surface area contributed by atoms with E-state index in [1.165, 1.54) is 141 Å². The zero-order valence-corrected chi connectivity index (χ0v) is 24.8. The van der Waals surface area contributed by atoms with Crippen molar-refractivity contribution in [1.29, 1.82) is 0 Å². The third-order valence-corrected chi connectivity index (χ3v) is 7.13. The molecule has 0 unspecified atom stereocenters. The van der Waals surface area contributed by atoms with Crippen LogP contribution in [0.5, 0.6) is 0 Å². The SMILES string of the molecule is CCCCCCCCCCOC(CCCCCCCC/C=C/CCO)OCCCCCCCCCC. The van der Waals surface area contributed by atoms with Crippen LogP contribution in [0.4, 0.5) is 0 Å². The van der Waals surface area contributed by atoms with Gasteiger partial charge in [-0.15, -0.1) is 0 Å². The van der Waals surface area contributed by atoms with Crippen LogP contribution in [0, 0.1) is 0 Å². The molecule has 0 fully saturated rings. The van der Waals surface area contributed by atoms with E-state index in [4.69, 9.17) is 14.6 Å². The first kappa shape index (κ1) is 35.6. The number of unbranched alkanes of at least 4 members (excludes halogenated alkanes) is 20. The number of hydrogen-bond donors (Lipinski definition) is 1. The molecule has 0 aromatic heterocycles. The zero-order chi connectivity index (χ0) is 26.2. The van der Waals surface area contributed by atoms with Crippen LogP contribution in [0.25, 0.3) is 0 Å². The van der Waals surface area contributed by atoms with Gasteiger partial charge in [-0.2, -0.15) is 0 Å². The average molecular weight is 511 g/mol. The maximum absolute atomic E-state index is 8.79. The fraction of sp³-hybridized carbons (Fsp3) is 0.939. The van der Waals surface area contributed by atoms with Gasteiger partial charge >= 0.3 is 0 Å². The molecule has 0 aromatic carbocycles. The van der Waals surface area contributed by atoms with E-state index >= 15 is 0 Å². The highest BCUT2D eigenvalue weighted by atomic mass is 16.7. The quantitative estimate of drug-likeness (QED) is 0.0572. The maximum atomic E-state index is 8.79. The van der Waals surface area contributed by atoms with Gasteiger partial charge in [0, 0.05) is 19.8 Å². The lowest BCUT2D eigenvalue weighted by Crippen LogP contribution is -2.19. The van der Waals surface area contributed by atoms with Crippen LogP contribution in [0.15, 0.2) is 12.2 Å². The summed E-state index contributed by atoms with van der Waals surface area (Å²) in [6, 6.07) is 0. The molecule has 0 rings (SSSR count). The topological polar surface area (TPSA) is 38.7 Å². The summed E-state index contributed by atoms with van der Waals surface area (Å²) in [7, 11) is 0. The Balaban J connectivity index is 3.89. The first-order valence-corrected chi connectivity index (χ1v) is 16.3. The lowest BCUT2D eigenvalue weighted by atomic mass is 10.1. The van der Waals surface area contributed by atoms with Crippen molar-refractivity contribution in [2.75, 3.05) is 19.8 Å². The molecule has 0 aliphatic rings. The Hall–Kier alpha value is -0.380. The van der Waals surface area contributed by atoms with E-state index < -0.39 is 0 Å². The summed E-state index contributed by atoms with van der Waals surface area (Å²) in [5.41, 5.74) is 0. The number of aliphatic hydroxyl groups excluding tert-OH is 1. The predicted octanol–water partition coefficient (Wildman–Crippen LogP) is 10.7. The van der Waals surface area contributed by atoms with E-state index in [1.54, 1.807) is 0 Å². The molecular weight excluding hydrogens is 444 g/mol. The second-order valence-electron chi connectivity index (χ2n) is 10.8. The minimum Gasteiger partial charge on any atom is -0.396 e. The molecule has 0 aliphatic heterocycles. The molecule has 0 heterocycles. The van der Waals surface area contributed by atoms with Crippen LogP contribution >= 0.6 is 0 Å². The normalized spacial score (nSPS) is 11.9. The van der Waals surface area contributed by atoms with E-state index in [-0.39, 0.29) is 12.9 Å². The summed E-state index contributed by atoms with van der Waals surface area (Å²) < 4.78 is 12.4. The number of ether oxygens (including phenoxy) is 2. The first-order valence-electron chi connectivity index (χ1n) is 16.3. The summed E-state index contributed by atoms with van der Waals surface area (Å²) in [6.45, 7) is 6.56. The molecule has 216 valence electrons. The van der Waals surface area contributed by atoms with E-state index in [0.717, 1.165) is 32.5 Å². The van der Waals surface area contributed by atoms with Crippen LogP contribution in [-0.2, 0) is 9.47 Å². The Morgan fingerprint density at radius 1 is 0.472 bits per heavy atom. The smallest absolute Gasteiger partial charge is 0.157 e. The van der Waals surface area contributed by atoms with E-state index in [0.29, 0.717) is 0 Å². The maximum Gasteiger partial charge on any atom is 0.157 e. The highest BCUT2D eigenvalue weighted by molar-refractivity contribution is 4.80. The van der Waals surface area contributed by atoms with Crippen molar-refractivity contribution in [3.63, 3.8) is 0 Å². The van der Waals surface area contributed by atoms with Crippen LogP contribution in [0.2, 0.25) is 0 Å². The second kappa shape index (κ2) is 32.6. The summed E-state index contributed by atoms with van der Waals surface area (Å²) in [6.07, 6.45) is 36.6. The fourth-order valence-electron chi connectivity index (χ4n) is 4.71. The van der Waals surface area contributed by atoms with Crippen molar-refractivity contribution in [2.24, 2.45) is 0 Å². The summed E-state index contributed by atoms with van der Waals surface area (Å²) in [5, 5.41) is 8.79. The van der Waals surface area contributed by atoms with Crippen molar-refractivity contribution >= 4 is 0 Å². The van der Waals surface area contributed by atoms with Crippen molar-refractivity contribution < 1.29 is 14.6 Å². The molecular formula is C33H66O3. The second-order valence-corrected chi connectivity index (χ2v) is 10.8. The molecule has 0 aromatic rings. The van der Waals surface area contributed by atoms with Gasteiger partial charge in [0.1, 0.15) is 0 Å². The van der Waals surface area contributed by atoms with E-state index in [1.807, 2.05) is 0 Å². The molecule has 0 aliphatic carbocycles. The molecule has 0 atom stereocenters. The van der Waals surface area contributed by atoms with Crippen LogP contribution in [0.3, 0.4) is 0 Å². The summed E-state index contributed by atoms with van der Waals surface area (Å²) in [5.74, 6) is 0. The third-order valence-electron chi connectivity index (χ3n) is 7.13. The van der Waals surface area contributed by atoms with Crippen molar-refractivity contribution in [3.05, 3.63) is 12.2 Å². The molecule has 3 nitrogen and oxygen atoms in total. The number of aliphatic hydroxyl groups is 1. The highest BCUT2D eigenvalue weighted by Crippen LogP contribution is 2.15. The first-order chi connectivity index (χ1) is 17.8. The standard InChI is InChI=1S/C33H66O3/c1-3-5-7-9-11-19-23-27-31-35-33(36-32-28-24-20-12-10-8-6-4-2)29-25-21-17-15-13-14-16-18-22-26-30-34/h18,22,33-34H,3-17,19-21,23-32H2,1-2H3/b22-18+. The minimum atomic E-state index is 0.00997. The summed E-state index contributed by atoms with van der Waals surface area (Å²) >= 11 is 0. The highest BCUT2D eigenvalue weighted by Gasteiger charge is 2.09. The largest absolute Gasteiger partial charge is 0.396 e. The molecule has 0 radical (unpaired) electrons. The Labute approximate surface area is 227 Å². The molecule has 0 amide bonds. The van der Waals surface area contributed by atoms with Gasteiger partial charge in [0.25, 0.3) is 0 Å². The van der Waals surface area contributed by atoms with E-state index in [2.05, 4.69) is 26.0 Å². The van der Waals surface area contributed by atoms with Crippen LogP contribution in [0.1, 0.15) is 174 Å². The predicted molar refractivity (Wildman–Crippen MR) is 159 cm³/mol. The fourth-order valence-corrected chi connectivity index (χ4v) is 4.71. The lowest BCUT2D eigenvalue weighted by molar-refractivity contribution is -0.148. The van der Waals surface area contributed by atoms with Gasteiger partial charge in [0.05, 0.1) is 0 Å².